The van der Waals surface area contributed by atoms with Crippen LogP contribution < -0.4 is 16.6 Å². The van der Waals surface area contributed by atoms with Gasteiger partial charge in [-0.25, -0.2) is 5.43 Å². The number of nitrogens with one attached hydrogen (secondary N) is 2. The predicted octanol–water partition coefficient (Wildman–Crippen LogP) is 3.45. The Morgan fingerprint density at radius 3 is 2.05 bits per heavy atom. The van der Waals surface area contributed by atoms with Crippen LogP contribution in [0.5, 0.6) is 0 Å². The fourth-order valence-corrected chi connectivity index (χ4v) is 3.73. The molecule has 4 N–H and O–H groups in total. The van der Waals surface area contributed by atoms with E-state index in [9.17, 15) is 0 Å². The number of nitrogens with two attached hydrogens (primary N) is 1. The topological polar surface area (TPSA) is 50.1 Å². The van der Waals surface area contributed by atoms with Gasteiger partial charge in [-0.05, 0) is 31.6 Å². The van der Waals surface area contributed by atoms with Gasteiger partial charge in [-0.3, -0.25) is 5.43 Å². The fourth-order valence-electron chi connectivity index (χ4n) is 3.73. The van der Waals surface area contributed by atoms with Crippen LogP contribution in [0.1, 0.15) is 83.5 Å². The highest BCUT2D eigenvalue weighted by Gasteiger charge is 2.33. The SMILES string of the molecule is NC1(C2CCCCCCCC2)CCCCCCNN1. The summed E-state index contributed by atoms with van der Waals surface area (Å²) >= 11 is 0. The molecule has 0 aromatic heterocycles. The summed E-state index contributed by atoms with van der Waals surface area (Å²) in [5, 5.41) is 0. The zero-order chi connectivity index (χ0) is 13.4. The van der Waals surface area contributed by atoms with Crippen molar-refractivity contribution in [1.29, 1.82) is 0 Å². The van der Waals surface area contributed by atoms with Gasteiger partial charge in [0.1, 0.15) is 0 Å². The third-order valence-electron chi connectivity index (χ3n) is 5.05. The van der Waals surface area contributed by atoms with E-state index in [4.69, 9.17) is 5.73 Å². The third-order valence-corrected chi connectivity index (χ3v) is 5.05. The van der Waals surface area contributed by atoms with Crippen LogP contribution in [0.2, 0.25) is 0 Å². The summed E-state index contributed by atoms with van der Waals surface area (Å²) in [6.07, 6.45) is 17.4. The largest absolute Gasteiger partial charge is 0.312 e. The molecule has 2 aliphatic rings. The zero-order valence-corrected chi connectivity index (χ0v) is 12.6. The number of hydrazine groups is 1. The molecule has 1 saturated heterocycles. The second kappa shape index (κ2) is 8.23. The van der Waals surface area contributed by atoms with Gasteiger partial charge in [-0.1, -0.05) is 57.8 Å². The molecule has 0 radical (unpaired) electrons. The molecule has 1 unspecified atom stereocenters. The number of rotatable bonds is 1. The molecule has 1 aliphatic carbocycles. The van der Waals surface area contributed by atoms with Crippen LogP contribution in [0.15, 0.2) is 0 Å². The minimum Gasteiger partial charge on any atom is -0.312 e. The lowest BCUT2D eigenvalue weighted by molar-refractivity contribution is 0.150. The Morgan fingerprint density at radius 1 is 0.737 bits per heavy atom. The third kappa shape index (κ3) is 5.05. The molecule has 0 bridgehead atoms. The number of hydrogen-bond donors (Lipinski definition) is 3. The molecular formula is C16H33N3. The van der Waals surface area contributed by atoms with E-state index < -0.39 is 0 Å². The quantitative estimate of drug-likeness (QED) is 0.682. The van der Waals surface area contributed by atoms with E-state index in [-0.39, 0.29) is 5.66 Å². The smallest absolute Gasteiger partial charge is 0.0820 e. The van der Waals surface area contributed by atoms with Crippen molar-refractivity contribution in [2.24, 2.45) is 11.7 Å². The van der Waals surface area contributed by atoms with Gasteiger partial charge in [0.25, 0.3) is 0 Å². The first-order chi connectivity index (χ1) is 9.31. The van der Waals surface area contributed by atoms with Crippen LogP contribution in [0.25, 0.3) is 0 Å². The Bertz CT molecular complexity index is 222. The lowest BCUT2D eigenvalue weighted by atomic mass is 9.82. The molecule has 0 aromatic carbocycles. The van der Waals surface area contributed by atoms with Crippen molar-refractivity contribution in [3.8, 4) is 0 Å². The number of hydrogen-bond acceptors (Lipinski definition) is 3. The highest BCUT2D eigenvalue weighted by atomic mass is 15.4. The van der Waals surface area contributed by atoms with E-state index in [0.717, 1.165) is 13.0 Å². The average molecular weight is 267 g/mol. The highest BCUT2D eigenvalue weighted by Crippen LogP contribution is 2.31. The van der Waals surface area contributed by atoms with E-state index in [1.165, 1.54) is 77.0 Å². The molecular weight excluding hydrogens is 234 g/mol. The molecule has 2 fully saturated rings. The summed E-state index contributed by atoms with van der Waals surface area (Å²) in [7, 11) is 0. The molecule has 1 heterocycles. The molecule has 3 nitrogen and oxygen atoms in total. The first-order valence-electron chi connectivity index (χ1n) is 8.60. The van der Waals surface area contributed by atoms with E-state index in [1.54, 1.807) is 0 Å². The first-order valence-corrected chi connectivity index (χ1v) is 8.60. The average Bonchev–Trinajstić information content (AvgIpc) is 2.61. The van der Waals surface area contributed by atoms with Gasteiger partial charge >= 0.3 is 0 Å². The molecule has 1 saturated carbocycles. The lowest BCUT2D eigenvalue weighted by Crippen LogP contribution is -2.63. The van der Waals surface area contributed by atoms with Crippen LogP contribution >= 0.6 is 0 Å². The van der Waals surface area contributed by atoms with Crippen molar-refractivity contribution < 1.29 is 0 Å². The Labute approximate surface area is 119 Å². The van der Waals surface area contributed by atoms with Gasteiger partial charge in [0.15, 0.2) is 0 Å². The van der Waals surface area contributed by atoms with Crippen molar-refractivity contribution in [3.63, 3.8) is 0 Å². The Morgan fingerprint density at radius 2 is 1.32 bits per heavy atom. The molecule has 2 rings (SSSR count). The van der Waals surface area contributed by atoms with E-state index >= 15 is 0 Å². The van der Waals surface area contributed by atoms with E-state index in [1.807, 2.05) is 0 Å². The van der Waals surface area contributed by atoms with Crippen LogP contribution in [0, 0.1) is 5.92 Å². The molecule has 1 aliphatic heterocycles. The molecule has 0 spiro atoms. The van der Waals surface area contributed by atoms with Crippen molar-refractivity contribution in [2.45, 2.75) is 89.1 Å². The lowest BCUT2D eigenvalue weighted by Gasteiger charge is -2.39. The second-order valence-corrected chi connectivity index (χ2v) is 6.65. The van der Waals surface area contributed by atoms with Gasteiger partial charge in [0.2, 0.25) is 0 Å². The summed E-state index contributed by atoms with van der Waals surface area (Å²) in [4.78, 5) is 0. The summed E-state index contributed by atoms with van der Waals surface area (Å²) in [6.45, 7) is 1.06. The van der Waals surface area contributed by atoms with Crippen LogP contribution in [-0.4, -0.2) is 12.2 Å². The van der Waals surface area contributed by atoms with Gasteiger partial charge in [-0.2, -0.15) is 0 Å². The van der Waals surface area contributed by atoms with Crippen LogP contribution in [0.4, 0.5) is 0 Å². The summed E-state index contributed by atoms with van der Waals surface area (Å²) < 4.78 is 0. The highest BCUT2D eigenvalue weighted by molar-refractivity contribution is 4.88. The van der Waals surface area contributed by atoms with E-state index in [2.05, 4.69) is 10.9 Å². The maximum Gasteiger partial charge on any atom is 0.0820 e. The van der Waals surface area contributed by atoms with Gasteiger partial charge in [0.05, 0.1) is 5.66 Å². The summed E-state index contributed by atoms with van der Waals surface area (Å²) in [5.74, 6) is 0.649. The van der Waals surface area contributed by atoms with Crippen LogP contribution in [-0.2, 0) is 0 Å². The van der Waals surface area contributed by atoms with Gasteiger partial charge in [0, 0.05) is 6.54 Å². The van der Waals surface area contributed by atoms with Crippen molar-refractivity contribution in [2.75, 3.05) is 6.54 Å². The standard InChI is InChI=1S/C16H33N3/c17-16(13-9-5-6-10-14-18-19-16)15-11-7-3-1-2-4-8-12-15/h15,18-19H,1-14,17H2. The van der Waals surface area contributed by atoms with E-state index in [0.29, 0.717) is 5.92 Å². The summed E-state index contributed by atoms with van der Waals surface area (Å²) in [6, 6.07) is 0. The Kier molecular flexibility index (Phi) is 6.62. The normalized spacial score (nSPS) is 33.3. The Hall–Kier alpha value is -0.120. The molecule has 0 amide bonds. The molecule has 3 heteroatoms. The monoisotopic (exact) mass is 267 g/mol. The van der Waals surface area contributed by atoms with Gasteiger partial charge in [-0.15, -0.1) is 0 Å². The maximum absolute atomic E-state index is 6.77. The zero-order valence-electron chi connectivity index (χ0n) is 12.6. The van der Waals surface area contributed by atoms with Crippen molar-refractivity contribution in [1.82, 2.24) is 10.9 Å². The van der Waals surface area contributed by atoms with Crippen molar-refractivity contribution in [3.05, 3.63) is 0 Å². The van der Waals surface area contributed by atoms with Gasteiger partial charge < -0.3 is 5.73 Å². The minimum atomic E-state index is -0.172. The second-order valence-electron chi connectivity index (χ2n) is 6.65. The molecule has 19 heavy (non-hydrogen) atoms. The molecule has 1 atom stereocenters. The fraction of sp³-hybridized carbons (Fsp3) is 1.00. The first kappa shape index (κ1) is 15.3. The molecule has 0 aromatic rings. The minimum absolute atomic E-state index is 0.172. The molecule has 112 valence electrons. The predicted molar refractivity (Wildman–Crippen MR) is 81.6 cm³/mol. The maximum atomic E-state index is 6.77. The summed E-state index contributed by atoms with van der Waals surface area (Å²) in [5.41, 5.74) is 13.5. The van der Waals surface area contributed by atoms with Crippen molar-refractivity contribution >= 4 is 0 Å². The Balaban J connectivity index is 1.95. The van der Waals surface area contributed by atoms with Crippen LogP contribution in [0.3, 0.4) is 0 Å².